The molecule has 4 nitrogen and oxygen atoms in total. The molecule has 1 aliphatic carbocycles. The highest BCUT2D eigenvalue weighted by Crippen LogP contribution is 2.25. The van der Waals surface area contributed by atoms with Crippen LogP contribution in [0.4, 0.5) is 0 Å². The maximum atomic E-state index is 8.77. The van der Waals surface area contributed by atoms with Crippen LogP contribution >= 0.6 is 0 Å². The van der Waals surface area contributed by atoms with Gasteiger partial charge in [0, 0.05) is 11.1 Å². The molecular formula is C16H8N4. The summed E-state index contributed by atoms with van der Waals surface area (Å²) in [5.41, 5.74) is 2.82. The second kappa shape index (κ2) is 4.79. The molecule has 92 valence electrons. The molecule has 4 heteroatoms. The van der Waals surface area contributed by atoms with Crippen LogP contribution in [0, 0.1) is 22.9 Å². The van der Waals surface area contributed by atoms with Crippen molar-refractivity contribution >= 4 is 22.2 Å². The predicted octanol–water partition coefficient (Wildman–Crippen LogP) is 2.95. The van der Waals surface area contributed by atoms with E-state index in [9.17, 15) is 0 Å². The Balaban J connectivity index is 2.36. The van der Waals surface area contributed by atoms with E-state index in [0.717, 1.165) is 21.9 Å². The van der Waals surface area contributed by atoms with Crippen LogP contribution in [0.1, 0.15) is 11.1 Å². The average Bonchev–Trinajstić information content (AvgIpc) is 2.48. The molecule has 20 heavy (non-hydrogen) atoms. The Kier molecular flexibility index (Phi) is 2.84. The first kappa shape index (κ1) is 11.8. The van der Waals surface area contributed by atoms with Crippen molar-refractivity contribution < 1.29 is 0 Å². The van der Waals surface area contributed by atoms with Gasteiger partial charge in [-0.1, -0.05) is 24.3 Å². The van der Waals surface area contributed by atoms with Gasteiger partial charge in [0.25, 0.3) is 0 Å². The number of nitrogens with zero attached hydrogens (tertiary/aromatic N) is 4. The van der Waals surface area contributed by atoms with Crippen LogP contribution in [0.25, 0.3) is 10.8 Å². The second-order valence-corrected chi connectivity index (χ2v) is 4.27. The topological polar surface area (TPSA) is 72.3 Å². The van der Waals surface area contributed by atoms with Crippen LogP contribution in [0.3, 0.4) is 0 Å². The van der Waals surface area contributed by atoms with Gasteiger partial charge in [-0.2, -0.15) is 20.5 Å². The normalized spacial score (nSPS) is 16.9. The number of nitriles is 2. The summed E-state index contributed by atoms with van der Waals surface area (Å²) in [6.45, 7) is 0. The molecule has 0 radical (unpaired) electrons. The number of fused-ring (bicyclic) bond motifs is 2. The van der Waals surface area contributed by atoms with Crippen molar-refractivity contribution in [3.05, 3.63) is 59.7 Å². The zero-order chi connectivity index (χ0) is 13.9. The van der Waals surface area contributed by atoms with E-state index < -0.39 is 0 Å². The quantitative estimate of drug-likeness (QED) is 0.680. The standard InChI is InChI=1S/C16H8N4/c17-9-19-15-5-6-16(20-10-18)14-8-12-4-2-1-3-11(12)7-13(14)15/h1-8H. The molecular weight excluding hydrogens is 248 g/mol. The van der Waals surface area contributed by atoms with Crippen molar-refractivity contribution in [3.63, 3.8) is 0 Å². The number of aliphatic imine (C=N–C) groups is 2. The lowest BCUT2D eigenvalue weighted by atomic mass is 9.90. The third-order valence-electron chi connectivity index (χ3n) is 3.18. The van der Waals surface area contributed by atoms with Crippen LogP contribution < -0.4 is 0 Å². The van der Waals surface area contributed by atoms with Crippen molar-refractivity contribution in [2.75, 3.05) is 0 Å². The summed E-state index contributed by atoms with van der Waals surface area (Å²) in [6.07, 6.45) is 7.02. The molecule has 0 N–H and O–H groups in total. The molecule has 0 aromatic heterocycles. The summed E-state index contributed by atoms with van der Waals surface area (Å²) in [7, 11) is 0. The predicted molar refractivity (Wildman–Crippen MR) is 77.4 cm³/mol. The molecule has 0 saturated heterocycles. The fourth-order valence-electron chi connectivity index (χ4n) is 2.30. The first-order chi connectivity index (χ1) is 9.83. The lowest BCUT2D eigenvalue weighted by Gasteiger charge is -2.14. The van der Waals surface area contributed by atoms with E-state index in [2.05, 4.69) is 9.98 Å². The van der Waals surface area contributed by atoms with E-state index in [1.54, 1.807) is 24.5 Å². The van der Waals surface area contributed by atoms with E-state index in [1.807, 2.05) is 36.4 Å². The van der Waals surface area contributed by atoms with E-state index in [-0.39, 0.29) is 0 Å². The van der Waals surface area contributed by atoms with Crippen LogP contribution in [-0.4, -0.2) is 11.4 Å². The Bertz CT molecular complexity index is 801. The number of hydrogen-bond acceptors (Lipinski definition) is 4. The van der Waals surface area contributed by atoms with Gasteiger partial charge in [0.15, 0.2) is 0 Å². The summed E-state index contributed by atoms with van der Waals surface area (Å²) in [5.74, 6) is 0. The maximum absolute atomic E-state index is 8.77. The molecule has 0 saturated carbocycles. The molecule has 0 heterocycles. The third-order valence-corrected chi connectivity index (χ3v) is 3.18. The molecule has 0 unspecified atom stereocenters. The largest absolute Gasteiger partial charge is 0.206 e. The number of allylic oxidation sites excluding steroid dienone is 2. The van der Waals surface area contributed by atoms with Crippen LogP contribution in [0.5, 0.6) is 0 Å². The number of benzene rings is 2. The van der Waals surface area contributed by atoms with E-state index in [0.29, 0.717) is 11.4 Å². The molecule has 0 spiro atoms. The Morgan fingerprint density at radius 1 is 0.750 bits per heavy atom. The Hall–Kier alpha value is -3.24. The van der Waals surface area contributed by atoms with Crippen molar-refractivity contribution in [1.29, 1.82) is 10.5 Å². The Labute approximate surface area is 115 Å². The van der Waals surface area contributed by atoms with Gasteiger partial charge in [0.2, 0.25) is 12.4 Å². The van der Waals surface area contributed by atoms with E-state index in [1.165, 1.54) is 0 Å². The zero-order valence-electron chi connectivity index (χ0n) is 10.4. The molecule has 2 aromatic carbocycles. The maximum Gasteiger partial charge on any atom is 0.206 e. The molecule has 0 amide bonds. The van der Waals surface area contributed by atoms with Gasteiger partial charge < -0.3 is 0 Å². The molecule has 1 aliphatic rings. The molecule has 0 fully saturated rings. The smallest absolute Gasteiger partial charge is 0.173 e. The summed E-state index contributed by atoms with van der Waals surface area (Å²) in [4.78, 5) is 7.65. The van der Waals surface area contributed by atoms with Crippen molar-refractivity contribution in [1.82, 2.24) is 0 Å². The number of rotatable bonds is 0. The fourth-order valence-corrected chi connectivity index (χ4v) is 2.30. The molecule has 0 bridgehead atoms. The van der Waals surface area contributed by atoms with Gasteiger partial charge in [0.05, 0.1) is 11.4 Å². The lowest BCUT2D eigenvalue weighted by Crippen LogP contribution is -2.13. The van der Waals surface area contributed by atoms with Gasteiger partial charge in [0.1, 0.15) is 0 Å². The SMILES string of the molecule is N#CN=C1C=CC(=NC#N)c2cc3ccccc3cc21. The Morgan fingerprint density at radius 3 is 1.60 bits per heavy atom. The number of hydrogen-bond donors (Lipinski definition) is 0. The van der Waals surface area contributed by atoms with Gasteiger partial charge in [-0.25, -0.2) is 0 Å². The third kappa shape index (κ3) is 1.86. The van der Waals surface area contributed by atoms with Gasteiger partial charge in [-0.15, -0.1) is 0 Å². The van der Waals surface area contributed by atoms with Gasteiger partial charge in [-0.05, 0) is 35.1 Å². The zero-order valence-corrected chi connectivity index (χ0v) is 10.4. The lowest BCUT2D eigenvalue weighted by molar-refractivity contribution is 1.42. The highest BCUT2D eigenvalue weighted by atomic mass is 14.8. The average molecular weight is 256 g/mol. The highest BCUT2D eigenvalue weighted by molar-refractivity contribution is 6.27. The molecule has 3 rings (SSSR count). The monoisotopic (exact) mass is 256 g/mol. The first-order valence-electron chi connectivity index (χ1n) is 5.98. The summed E-state index contributed by atoms with van der Waals surface area (Å²) < 4.78 is 0. The second-order valence-electron chi connectivity index (χ2n) is 4.27. The summed E-state index contributed by atoms with van der Waals surface area (Å²) >= 11 is 0. The van der Waals surface area contributed by atoms with E-state index in [4.69, 9.17) is 10.5 Å². The van der Waals surface area contributed by atoms with Crippen molar-refractivity contribution in [2.24, 2.45) is 9.98 Å². The minimum Gasteiger partial charge on any atom is -0.173 e. The van der Waals surface area contributed by atoms with Gasteiger partial charge >= 0.3 is 0 Å². The molecule has 0 atom stereocenters. The van der Waals surface area contributed by atoms with Crippen LogP contribution in [0.2, 0.25) is 0 Å². The molecule has 0 aliphatic heterocycles. The highest BCUT2D eigenvalue weighted by Gasteiger charge is 2.17. The molecule has 2 aromatic rings. The first-order valence-corrected chi connectivity index (χ1v) is 5.98. The van der Waals surface area contributed by atoms with Crippen LogP contribution in [0.15, 0.2) is 58.5 Å². The minimum atomic E-state index is 0.588. The van der Waals surface area contributed by atoms with Crippen LogP contribution in [-0.2, 0) is 0 Å². The van der Waals surface area contributed by atoms with Crippen molar-refractivity contribution in [2.45, 2.75) is 0 Å². The minimum absolute atomic E-state index is 0.588. The van der Waals surface area contributed by atoms with Gasteiger partial charge in [-0.3, -0.25) is 0 Å². The summed E-state index contributed by atoms with van der Waals surface area (Å²) in [5, 5.41) is 19.7. The van der Waals surface area contributed by atoms with Crippen molar-refractivity contribution in [3.8, 4) is 12.4 Å². The Morgan fingerprint density at radius 2 is 1.20 bits per heavy atom. The summed E-state index contributed by atoms with van der Waals surface area (Å²) in [6, 6.07) is 11.9. The fraction of sp³-hybridized carbons (Fsp3) is 0. The van der Waals surface area contributed by atoms with E-state index >= 15 is 0 Å².